The van der Waals surface area contributed by atoms with Gasteiger partial charge in [0.2, 0.25) is 9.05 Å². The smallest absolute Gasteiger partial charge is 0.232 e. The van der Waals surface area contributed by atoms with Crippen molar-refractivity contribution in [2.24, 2.45) is 5.92 Å². The molecule has 0 amide bonds. The normalized spacial score (nSPS) is 25.2. The van der Waals surface area contributed by atoms with Gasteiger partial charge in [-0.25, -0.2) is 8.42 Å². The second-order valence-electron chi connectivity index (χ2n) is 5.17. The van der Waals surface area contributed by atoms with Crippen molar-refractivity contribution < 1.29 is 13.2 Å². The lowest BCUT2D eigenvalue weighted by atomic mass is 9.85. The minimum atomic E-state index is -3.31. The zero-order valence-corrected chi connectivity index (χ0v) is 12.8. The number of unbranched alkanes of at least 4 members (excludes halogenated alkanes) is 2. The molecule has 2 unspecified atom stereocenters. The van der Waals surface area contributed by atoms with Gasteiger partial charge in [-0.2, -0.15) is 0 Å². The van der Waals surface area contributed by atoms with Gasteiger partial charge in [0.1, 0.15) is 0 Å². The van der Waals surface area contributed by atoms with Crippen LogP contribution in [0.15, 0.2) is 0 Å². The summed E-state index contributed by atoms with van der Waals surface area (Å²) in [7, 11) is 1.83. The van der Waals surface area contributed by atoms with Gasteiger partial charge in [0.25, 0.3) is 0 Å². The molecule has 0 aromatic heterocycles. The summed E-state index contributed by atoms with van der Waals surface area (Å²) < 4.78 is 27.4. The van der Waals surface area contributed by atoms with Crippen molar-refractivity contribution in [2.45, 2.75) is 64.4 Å². The molecule has 1 fully saturated rings. The van der Waals surface area contributed by atoms with Gasteiger partial charge in [0.05, 0.1) is 11.9 Å². The van der Waals surface area contributed by atoms with Gasteiger partial charge < -0.3 is 4.74 Å². The highest BCUT2D eigenvalue weighted by Gasteiger charge is 2.23. The first-order valence-electron chi connectivity index (χ1n) is 7.07. The molecule has 1 rings (SSSR count). The number of ether oxygens (including phenoxy) is 1. The van der Waals surface area contributed by atoms with Crippen molar-refractivity contribution in [3.63, 3.8) is 0 Å². The number of rotatable bonds is 8. The lowest BCUT2D eigenvalue weighted by Gasteiger charge is -2.30. The molecule has 0 radical (unpaired) electrons. The van der Waals surface area contributed by atoms with Crippen LogP contribution in [0.2, 0.25) is 0 Å². The van der Waals surface area contributed by atoms with Crippen LogP contribution in [-0.4, -0.2) is 26.9 Å². The third-order valence-corrected chi connectivity index (χ3v) is 4.97. The molecule has 0 saturated heterocycles. The van der Waals surface area contributed by atoms with Gasteiger partial charge >= 0.3 is 0 Å². The van der Waals surface area contributed by atoms with E-state index in [0.29, 0.717) is 12.5 Å². The molecule has 3 nitrogen and oxygen atoms in total. The van der Waals surface area contributed by atoms with Crippen molar-refractivity contribution in [3.8, 4) is 0 Å². The molecule has 0 aromatic rings. The first-order chi connectivity index (χ1) is 8.53. The van der Waals surface area contributed by atoms with Gasteiger partial charge in [-0.05, 0) is 31.6 Å². The SMILES string of the molecule is CCC1CCCCC1OCCCCCS(=O)(=O)Cl. The van der Waals surface area contributed by atoms with Crippen LogP contribution >= 0.6 is 10.7 Å². The lowest BCUT2D eigenvalue weighted by Crippen LogP contribution is -2.27. The Kier molecular flexibility index (Phi) is 7.57. The Hall–Kier alpha value is 0.200. The topological polar surface area (TPSA) is 43.4 Å². The Morgan fingerprint density at radius 1 is 1.17 bits per heavy atom. The maximum atomic E-state index is 10.7. The van der Waals surface area contributed by atoms with E-state index in [2.05, 4.69) is 6.92 Å². The molecule has 1 aliphatic rings. The third-order valence-electron chi connectivity index (χ3n) is 3.73. The van der Waals surface area contributed by atoms with Gasteiger partial charge in [0.15, 0.2) is 0 Å². The molecule has 0 aromatic carbocycles. The van der Waals surface area contributed by atoms with Crippen LogP contribution in [0, 0.1) is 5.92 Å². The van der Waals surface area contributed by atoms with Crippen molar-refractivity contribution in [2.75, 3.05) is 12.4 Å². The van der Waals surface area contributed by atoms with Crippen molar-refractivity contribution in [1.82, 2.24) is 0 Å². The van der Waals surface area contributed by atoms with Crippen LogP contribution in [0.5, 0.6) is 0 Å². The van der Waals surface area contributed by atoms with E-state index >= 15 is 0 Å². The molecule has 0 N–H and O–H groups in total. The summed E-state index contributed by atoms with van der Waals surface area (Å²) in [6.45, 7) is 2.99. The lowest BCUT2D eigenvalue weighted by molar-refractivity contribution is -0.0134. The van der Waals surface area contributed by atoms with E-state index in [0.717, 1.165) is 25.4 Å². The molecule has 108 valence electrons. The number of halogens is 1. The molecule has 0 spiro atoms. The van der Waals surface area contributed by atoms with Crippen LogP contribution in [0.4, 0.5) is 0 Å². The molecule has 1 aliphatic carbocycles. The molecule has 5 heteroatoms. The number of hydrogen-bond acceptors (Lipinski definition) is 3. The predicted molar refractivity (Wildman–Crippen MR) is 75.5 cm³/mol. The molecular weight excluding hydrogens is 272 g/mol. The van der Waals surface area contributed by atoms with Crippen LogP contribution in [0.1, 0.15) is 58.3 Å². The largest absolute Gasteiger partial charge is 0.378 e. The van der Waals surface area contributed by atoms with E-state index in [9.17, 15) is 8.42 Å². The van der Waals surface area contributed by atoms with Crippen LogP contribution in [-0.2, 0) is 13.8 Å². The Morgan fingerprint density at radius 3 is 2.56 bits per heavy atom. The summed E-state index contributed by atoms with van der Waals surface area (Å²) in [5, 5.41) is 0. The Labute approximate surface area is 116 Å². The van der Waals surface area contributed by atoms with Gasteiger partial charge in [0, 0.05) is 17.3 Å². The Morgan fingerprint density at radius 2 is 1.89 bits per heavy atom. The second-order valence-corrected chi connectivity index (χ2v) is 8.06. The van der Waals surface area contributed by atoms with Crippen LogP contribution < -0.4 is 0 Å². The molecule has 18 heavy (non-hydrogen) atoms. The van der Waals surface area contributed by atoms with E-state index in [1.54, 1.807) is 0 Å². The minimum Gasteiger partial charge on any atom is -0.378 e. The first kappa shape index (κ1) is 16.3. The quantitative estimate of drug-likeness (QED) is 0.506. The number of hydrogen-bond donors (Lipinski definition) is 0. The van der Waals surface area contributed by atoms with E-state index in [1.807, 2.05) is 0 Å². The van der Waals surface area contributed by atoms with E-state index in [-0.39, 0.29) is 5.75 Å². The summed E-state index contributed by atoms with van der Waals surface area (Å²) in [4.78, 5) is 0. The van der Waals surface area contributed by atoms with Crippen molar-refractivity contribution >= 4 is 19.7 Å². The fraction of sp³-hybridized carbons (Fsp3) is 1.00. The summed E-state index contributed by atoms with van der Waals surface area (Å²) in [6.07, 6.45) is 9.18. The molecule has 0 aliphatic heterocycles. The standard InChI is InChI=1S/C13H25ClO3S/c1-2-12-8-4-5-9-13(12)17-10-6-3-7-11-18(14,15)16/h12-13H,2-11H2,1H3. The Balaban J connectivity index is 2.06. The Bertz CT molecular complexity index is 316. The minimum absolute atomic E-state index is 0.0789. The van der Waals surface area contributed by atoms with Gasteiger partial charge in [-0.3, -0.25) is 0 Å². The maximum absolute atomic E-state index is 10.7. The molecule has 1 saturated carbocycles. The van der Waals surface area contributed by atoms with Gasteiger partial charge in [-0.15, -0.1) is 0 Å². The van der Waals surface area contributed by atoms with E-state index in [4.69, 9.17) is 15.4 Å². The highest BCUT2D eigenvalue weighted by atomic mass is 35.7. The van der Waals surface area contributed by atoms with Crippen molar-refractivity contribution in [3.05, 3.63) is 0 Å². The maximum Gasteiger partial charge on any atom is 0.232 e. The summed E-state index contributed by atoms with van der Waals surface area (Å²) in [6, 6.07) is 0. The average molecular weight is 297 g/mol. The highest BCUT2D eigenvalue weighted by Crippen LogP contribution is 2.29. The predicted octanol–water partition coefficient (Wildman–Crippen LogP) is 3.71. The monoisotopic (exact) mass is 296 g/mol. The van der Waals surface area contributed by atoms with Crippen LogP contribution in [0.25, 0.3) is 0 Å². The molecule has 0 bridgehead atoms. The van der Waals surface area contributed by atoms with Gasteiger partial charge in [-0.1, -0.05) is 32.6 Å². The summed E-state index contributed by atoms with van der Waals surface area (Å²) >= 11 is 0. The fourth-order valence-corrected chi connectivity index (χ4v) is 3.52. The summed E-state index contributed by atoms with van der Waals surface area (Å²) in [5.74, 6) is 0.803. The third kappa shape index (κ3) is 6.95. The van der Waals surface area contributed by atoms with E-state index in [1.165, 1.54) is 32.1 Å². The van der Waals surface area contributed by atoms with Crippen molar-refractivity contribution in [1.29, 1.82) is 0 Å². The van der Waals surface area contributed by atoms with Crippen LogP contribution in [0.3, 0.4) is 0 Å². The highest BCUT2D eigenvalue weighted by molar-refractivity contribution is 8.13. The molecule has 0 heterocycles. The zero-order chi connectivity index (χ0) is 13.4. The average Bonchev–Trinajstić information content (AvgIpc) is 2.32. The zero-order valence-electron chi connectivity index (χ0n) is 11.2. The molecular formula is C13H25ClO3S. The fourth-order valence-electron chi connectivity index (χ4n) is 2.65. The molecule has 2 atom stereocenters. The second kappa shape index (κ2) is 8.39. The first-order valence-corrected chi connectivity index (χ1v) is 9.54. The summed E-state index contributed by atoms with van der Waals surface area (Å²) in [5.41, 5.74) is 0. The van der Waals surface area contributed by atoms with E-state index < -0.39 is 9.05 Å².